The highest BCUT2D eigenvalue weighted by Gasteiger charge is 2.07. The molecule has 0 bridgehead atoms. The summed E-state index contributed by atoms with van der Waals surface area (Å²) < 4.78 is 5.03. The summed E-state index contributed by atoms with van der Waals surface area (Å²) in [5, 5.41) is 15.3. The van der Waals surface area contributed by atoms with Crippen molar-refractivity contribution in [3.8, 4) is 11.5 Å². The predicted octanol–water partition coefficient (Wildman–Crippen LogP) is 2.21. The van der Waals surface area contributed by atoms with Crippen LogP contribution in [-0.4, -0.2) is 23.2 Å². The molecule has 0 spiro atoms. The van der Waals surface area contributed by atoms with Gasteiger partial charge in [-0.2, -0.15) is 0 Å². The number of rotatable bonds is 4. The number of phenols is 1. The highest BCUT2D eigenvalue weighted by Crippen LogP contribution is 2.26. The zero-order valence-electron chi connectivity index (χ0n) is 12.0. The number of nitrogens with one attached hydrogen (secondary N) is 2. The van der Waals surface area contributed by atoms with E-state index in [1.54, 1.807) is 42.5 Å². The van der Waals surface area contributed by atoms with Crippen molar-refractivity contribution in [1.29, 1.82) is 0 Å². The molecule has 22 heavy (non-hydrogen) atoms. The van der Waals surface area contributed by atoms with Crippen LogP contribution in [0.15, 0.2) is 48.5 Å². The minimum Gasteiger partial charge on any atom is -0.504 e. The van der Waals surface area contributed by atoms with E-state index in [1.165, 1.54) is 7.11 Å². The highest BCUT2D eigenvalue weighted by atomic mass is 32.1. The van der Waals surface area contributed by atoms with Gasteiger partial charge in [-0.25, -0.2) is 0 Å². The van der Waals surface area contributed by atoms with Gasteiger partial charge in [0.2, 0.25) is 0 Å². The second kappa shape index (κ2) is 7.42. The van der Waals surface area contributed by atoms with Gasteiger partial charge in [0.05, 0.1) is 7.11 Å². The molecule has 0 fully saturated rings. The molecular weight excluding hydrogens is 300 g/mol. The normalized spacial score (nSPS) is 9.86. The quantitative estimate of drug-likeness (QED) is 0.755. The molecule has 0 saturated heterocycles. The van der Waals surface area contributed by atoms with Crippen LogP contribution in [0.4, 0.5) is 0 Å². The molecule has 6 heteroatoms. The van der Waals surface area contributed by atoms with E-state index < -0.39 is 0 Å². The smallest absolute Gasteiger partial charge is 0.257 e. The first-order chi connectivity index (χ1) is 10.6. The summed E-state index contributed by atoms with van der Waals surface area (Å²) >= 11 is 5.09. The molecule has 0 saturated carbocycles. The number of amides is 1. The lowest BCUT2D eigenvalue weighted by atomic mass is 10.2. The number of thiocarbonyl (C=S) groups is 1. The maximum Gasteiger partial charge on any atom is 0.257 e. The van der Waals surface area contributed by atoms with Gasteiger partial charge < -0.3 is 15.2 Å². The van der Waals surface area contributed by atoms with E-state index >= 15 is 0 Å². The SMILES string of the molecule is COc1cc(CNC(=S)NC(=O)c2ccccc2)ccc1O. The fourth-order valence-electron chi connectivity index (χ4n) is 1.82. The lowest BCUT2D eigenvalue weighted by Gasteiger charge is -2.11. The van der Waals surface area contributed by atoms with Gasteiger partial charge in [-0.15, -0.1) is 0 Å². The Bertz CT molecular complexity index is 674. The molecule has 2 aromatic carbocycles. The summed E-state index contributed by atoms with van der Waals surface area (Å²) in [6.45, 7) is 0.407. The van der Waals surface area contributed by atoms with Crippen LogP contribution in [0.25, 0.3) is 0 Å². The first kappa shape index (κ1) is 15.8. The molecule has 0 aliphatic rings. The topological polar surface area (TPSA) is 70.6 Å². The zero-order chi connectivity index (χ0) is 15.9. The van der Waals surface area contributed by atoms with E-state index in [2.05, 4.69) is 10.6 Å². The number of aromatic hydroxyl groups is 1. The lowest BCUT2D eigenvalue weighted by Crippen LogP contribution is -2.38. The standard InChI is InChI=1S/C16H16N2O3S/c1-21-14-9-11(7-8-13(14)19)10-17-16(22)18-15(20)12-5-3-2-4-6-12/h2-9,19H,10H2,1H3,(H2,17,18,20,22). The lowest BCUT2D eigenvalue weighted by molar-refractivity contribution is 0.0976. The van der Waals surface area contributed by atoms with Gasteiger partial charge in [-0.05, 0) is 42.0 Å². The largest absolute Gasteiger partial charge is 0.504 e. The molecule has 5 nitrogen and oxygen atoms in total. The van der Waals surface area contributed by atoms with Gasteiger partial charge in [-0.3, -0.25) is 10.1 Å². The average Bonchev–Trinajstić information content (AvgIpc) is 2.55. The summed E-state index contributed by atoms with van der Waals surface area (Å²) in [7, 11) is 1.48. The zero-order valence-corrected chi connectivity index (χ0v) is 12.8. The van der Waals surface area contributed by atoms with E-state index in [9.17, 15) is 9.90 Å². The summed E-state index contributed by atoms with van der Waals surface area (Å²) in [6.07, 6.45) is 0. The third-order valence-electron chi connectivity index (χ3n) is 2.96. The van der Waals surface area contributed by atoms with Crippen molar-refractivity contribution in [3.63, 3.8) is 0 Å². The number of hydrogen-bond donors (Lipinski definition) is 3. The van der Waals surface area contributed by atoms with E-state index in [0.29, 0.717) is 17.9 Å². The molecule has 0 heterocycles. The van der Waals surface area contributed by atoms with E-state index in [0.717, 1.165) is 5.56 Å². The van der Waals surface area contributed by atoms with Gasteiger partial charge >= 0.3 is 0 Å². The molecule has 114 valence electrons. The van der Waals surface area contributed by atoms with Crippen molar-refractivity contribution >= 4 is 23.2 Å². The Morgan fingerprint density at radius 1 is 1.23 bits per heavy atom. The first-order valence-electron chi connectivity index (χ1n) is 6.60. The van der Waals surface area contributed by atoms with Crippen LogP contribution in [0.2, 0.25) is 0 Å². The number of carbonyl (C=O) groups excluding carboxylic acids is 1. The molecule has 0 atom stereocenters. The van der Waals surface area contributed by atoms with Crippen LogP contribution >= 0.6 is 12.2 Å². The number of methoxy groups -OCH3 is 1. The summed E-state index contributed by atoms with van der Waals surface area (Å²) in [4.78, 5) is 11.9. The number of carbonyl (C=O) groups is 1. The Kier molecular flexibility index (Phi) is 5.32. The van der Waals surface area contributed by atoms with Gasteiger partial charge in [0, 0.05) is 12.1 Å². The molecule has 2 rings (SSSR count). The van der Waals surface area contributed by atoms with Crippen molar-refractivity contribution < 1.29 is 14.6 Å². The highest BCUT2D eigenvalue weighted by molar-refractivity contribution is 7.80. The van der Waals surface area contributed by atoms with Crippen LogP contribution in [0.3, 0.4) is 0 Å². The molecular formula is C16H16N2O3S. The van der Waals surface area contributed by atoms with Crippen LogP contribution in [0.1, 0.15) is 15.9 Å². The maximum atomic E-state index is 11.9. The van der Waals surface area contributed by atoms with Crippen molar-refractivity contribution in [2.45, 2.75) is 6.54 Å². The Labute approximate surface area is 133 Å². The molecule has 3 N–H and O–H groups in total. The second-order valence-electron chi connectivity index (χ2n) is 4.51. The van der Waals surface area contributed by atoms with Crippen molar-refractivity contribution in [1.82, 2.24) is 10.6 Å². The van der Waals surface area contributed by atoms with E-state index in [1.807, 2.05) is 6.07 Å². The van der Waals surface area contributed by atoms with E-state index in [-0.39, 0.29) is 16.8 Å². The molecule has 0 unspecified atom stereocenters. The van der Waals surface area contributed by atoms with Crippen molar-refractivity contribution in [3.05, 3.63) is 59.7 Å². The van der Waals surface area contributed by atoms with Crippen LogP contribution < -0.4 is 15.4 Å². The molecule has 2 aromatic rings. The minimum absolute atomic E-state index is 0.0752. The Morgan fingerprint density at radius 3 is 2.64 bits per heavy atom. The van der Waals surface area contributed by atoms with Gasteiger partial charge in [0.1, 0.15) is 0 Å². The fraction of sp³-hybridized carbons (Fsp3) is 0.125. The number of ether oxygens (including phenoxy) is 1. The van der Waals surface area contributed by atoms with Crippen LogP contribution in [-0.2, 0) is 6.54 Å². The fourth-order valence-corrected chi connectivity index (χ4v) is 1.99. The molecule has 1 amide bonds. The Morgan fingerprint density at radius 2 is 1.95 bits per heavy atom. The Hall–Kier alpha value is -2.60. The average molecular weight is 316 g/mol. The second-order valence-corrected chi connectivity index (χ2v) is 4.92. The monoisotopic (exact) mass is 316 g/mol. The number of benzene rings is 2. The van der Waals surface area contributed by atoms with Crippen molar-refractivity contribution in [2.75, 3.05) is 7.11 Å². The number of phenolic OH excluding ortho intramolecular Hbond substituents is 1. The molecule has 0 aromatic heterocycles. The maximum absolute atomic E-state index is 11.9. The summed E-state index contributed by atoms with van der Waals surface area (Å²) in [6, 6.07) is 13.8. The van der Waals surface area contributed by atoms with Crippen LogP contribution in [0, 0.1) is 0 Å². The molecule has 0 aliphatic heterocycles. The third kappa shape index (κ3) is 4.20. The Balaban J connectivity index is 1.89. The van der Waals surface area contributed by atoms with Gasteiger partial charge in [0.15, 0.2) is 16.6 Å². The summed E-state index contributed by atoms with van der Waals surface area (Å²) in [5.41, 5.74) is 1.41. The van der Waals surface area contributed by atoms with Gasteiger partial charge in [0.25, 0.3) is 5.91 Å². The van der Waals surface area contributed by atoms with E-state index in [4.69, 9.17) is 17.0 Å². The molecule has 0 radical (unpaired) electrons. The van der Waals surface area contributed by atoms with Gasteiger partial charge in [-0.1, -0.05) is 24.3 Å². The first-order valence-corrected chi connectivity index (χ1v) is 7.01. The predicted molar refractivity (Wildman–Crippen MR) is 88.0 cm³/mol. The number of hydrogen-bond acceptors (Lipinski definition) is 4. The van der Waals surface area contributed by atoms with Crippen molar-refractivity contribution in [2.24, 2.45) is 0 Å². The van der Waals surface area contributed by atoms with Crippen LogP contribution in [0.5, 0.6) is 11.5 Å². The summed E-state index contributed by atoms with van der Waals surface area (Å²) in [5.74, 6) is 0.200. The third-order valence-corrected chi connectivity index (χ3v) is 3.21. The molecule has 0 aliphatic carbocycles. The minimum atomic E-state index is -0.263.